The lowest BCUT2D eigenvalue weighted by Crippen LogP contribution is -2.56. The Hall–Kier alpha value is -3.81. The molecule has 2 atom stereocenters. The van der Waals surface area contributed by atoms with Crippen molar-refractivity contribution in [3.63, 3.8) is 0 Å². The van der Waals surface area contributed by atoms with E-state index < -0.39 is 0 Å². The van der Waals surface area contributed by atoms with Gasteiger partial charge < -0.3 is 19.6 Å². The van der Waals surface area contributed by atoms with E-state index in [1.165, 1.54) is 0 Å². The lowest BCUT2D eigenvalue weighted by Gasteiger charge is -2.45. The summed E-state index contributed by atoms with van der Waals surface area (Å²) in [5.41, 5.74) is 3.50. The minimum Gasteiger partial charge on any atom is -0.368 e. The monoisotopic (exact) mass is 527 g/mol. The summed E-state index contributed by atoms with van der Waals surface area (Å²) in [5.74, 6) is 0.998. The molecule has 1 amide bonds. The van der Waals surface area contributed by atoms with Crippen LogP contribution in [0.1, 0.15) is 25.2 Å². The fourth-order valence-electron chi connectivity index (χ4n) is 5.73. The van der Waals surface area contributed by atoms with Crippen LogP contribution >= 0.6 is 0 Å². The zero-order valence-corrected chi connectivity index (χ0v) is 23.3. The molecular weight excluding hydrogens is 490 g/mol. The molecule has 3 aromatic rings. The molecule has 10 nitrogen and oxygen atoms in total. The summed E-state index contributed by atoms with van der Waals surface area (Å²) in [7, 11) is 3.84. The first-order valence-electron chi connectivity index (χ1n) is 13.6. The maximum Gasteiger partial charge on any atom is 0.236 e. The molecule has 1 aromatic carbocycles. The molecule has 2 fully saturated rings. The number of carbonyl (C=O) groups excluding carboxylic acids is 1. The first-order chi connectivity index (χ1) is 18.8. The maximum atomic E-state index is 12.3. The van der Waals surface area contributed by atoms with Crippen molar-refractivity contribution in [2.45, 2.75) is 32.5 Å². The van der Waals surface area contributed by atoms with Gasteiger partial charge in [0.1, 0.15) is 11.9 Å². The number of fused-ring (bicyclic) bond motifs is 1. The quantitative estimate of drug-likeness (QED) is 0.478. The van der Waals surface area contributed by atoms with Gasteiger partial charge in [0.15, 0.2) is 0 Å². The molecule has 10 heteroatoms. The Morgan fingerprint density at radius 2 is 1.69 bits per heavy atom. The minimum absolute atomic E-state index is 0.179. The molecule has 0 aliphatic carbocycles. The zero-order valence-electron chi connectivity index (χ0n) is 23.3. The lowest BCUT2D eigenvalue weighted by atomic mass is 10.0. The molecule has 2 unspecified atom stereocenters. The highest BCUT2D eigenvalue weighted by Crippen LogP contribution is 2.31. The third-order valence-electron chi connectivity index (χ3n) is 7.77. The van der Waals surface area contributed by atoms with Gasteiger partial charge in [-0.05, 0) is 52.2 Å². The van der Waals surface area contributed by atoms with Gasteiger partial charge in [0.05, 0.1) is 42.3 Å². The summed E-state index contributed by atoms with van der Waals surface area (Å²) < 4.78 is 0. The molecule has 2 saturated heterocycles. The number of anilines is 2. The first kappa shape index (κ1) is 26.8. The largest absolute Gasteiger partial charge is 0.368 e. The van der Waals surface area contributed by atoms with Gasteiger partial charge in [0.25, 0.3) is 0 Å². The van der Waals surface area contributed by atoms with Gasteiger partial charge in [-0.15, -0.1) is 0 Å². The van der Waals surface area contributed by atoms with Crippen molar-refractivity contribution < 1.29 is 4.79 Å². The second-order valence-electron chi connectivity index (χ2n) is 10.9. The number of likely N-dealkylation sites (N-methyl/N-ethyl adjacent to an activating group) is 1. The molecule has 39 heavy (non-hydrogen) atoms. The second-order valence-corrected chi connectivity index (χ2v) is 10.9. The lowest BCUT2D eigenvalue weighted by molar-refractivity contribution is -0.132. The third kappa shape index (κ3) is 5.79. The number of hydrogen-bond acceptors (Lipinski definition) is 9. The third-order valence-corrected chi connectivity index (χ3v) is 7.77. The van der Waals surface area contributed by atoms with E-state index >= 15 is 0 Å². The summed E-state index contributed by atoms with van der Waals surface area (Å²) in [6, 6.07) is 10.8. The highest BCUT2D eigenvalue weighted by molar-refractivity contribution is 5.95. The average molecular weight is 528 g/mol. The second kappa shape index (κ2) is 11.5. The predicted molar refractivity (Wildman–Crippen MR) is 153 cm³/mol. The molecule has 0 N–H and O–H groups in total. The first-order valence-corrected chi connectivity index (χ1v) is 13.6. The summed E-state index contributed by atoms with van der Waals surface area (Å²) >= 11 is 0. The van der Waals surface area contributed by atoms with Crippen LogP contribution < -0.4 is 9.80 Å². The highest BCUT2D eigenvalue weighted by atomic mass is 16.2. The van der Waals surface area contributed by atoms with Crippen molar-refractivity contribution in [1.29, 1.82) is 5.26 Å². The maximum absolute atomic E-state index is 12.3. The van der Waals surface area contributed by atoms with Gasteiger partial charge in [-0.2, -0.15) is 5.26 Å². The van der Waals surface area contributed by atoms with E-state index in [1.54, 1.807) is 6.20 Å². The van der Waals surface area contributed by atoms with Crippen molar-refractivity contribution in [1.82, 2.24) is 29.7 Å². The molecule has 2 aliphatic rings. The van der Waals surface area contributed by atoms with E-state index in [9.17, 15) is 10.1 Å². The Kier molecular flexibility index (Phi) is 7.91. The van der Waals surface area contributed by atoms with Crippen LogP contribution in [0, 0.1) is 11.3 Å². The smallest absolute Gasteiger partial charge is 0.236 e. The van der Waals surface area contributed by atoms with E-state index in [2.05, 4.69) is 51.7 Å². The summed E-state index contributed by atoms with van der Waals surface area (Å²) in [6.07, 6.45) is 5.58. The van der Waals surface area contributed by atoms with Crippen LogP contribution in [0.15, 0.2) is 42.9 Å². The van der Waals surface area contributed by atoms with Crippen LogP contribution in [0.3, 0.4) is 0 Å². The number of aromatic nitrogens is 3. The Bertz CT molecular complexity index is 1330. The Balaban J connectivity index is 1.20. The van der Waals surface area contributed by atoms with Crippen LogP contribution in [0.5, 0.6) is 0 Å². The molecule has 0 radical (unpaired) electrons. The molecule has 204 valence electrons. The standard InChI is InChI=1S/C29H37N9O/c1-21-17-37(26-8-7-23(14-30)29-25(26)6-5-9-31-29)18-22(2)38(21)19-27-32-15-24(16-33-27)35-10-12-36(13-11-35)28(39)20-34(3)4/h5-9,15-16,21-22H,10-13,17-20H2,1-4H3. The van der Waals surface area contributed by atoms with E-state index in [1.807, 2.05) is 48.4 Å². The summed E-state index contributed by atoms with van der Waals surface area (Å²) in [4.78, 5) is 37.2. The molecule has 2 aromatic heterocycles. The fourth-order valence-corrected chi connectivity index (χ4v) is 5.73. The number of rotatable bonds is 6. The van der Waals surface area contributed by atoms with Gasteiger partial charge in [0.2, 0.25) is 5.91 Å². The molecule has 0 saturated carbocycles. The molecule has 5 rings (SSSR count). The number of hydrogen-bond donors (Lipinski definition) is 0. The number of benzene rings is 1. The normalized spacial score (nSPS) is 20.5. The summed E-state index contributed by atoms with van der Waals surface area (Å²) in [5, 5.41) is 10.5. The summed E-state index contributed by atoms with van der Waals surface area (Å²) in [6.45, 7) is 10.4. The van der Waals surface area contributed by atoms with Crippen molar-refractivity contribution in [3.05, 3.63) is 54.2 Å². The zero-order chi connectivity index (χ0) is 27.5. The predicted octanol–water partition coefficient (Wildman–Crippen LogP) is 2.21. The van der Waals surface area contributed by atoms with E-state index in [4.69, 9.17) is 9.97 Å². The minimum atomic E-state index is 0.179. The van der Waals surface area contributed by atoms with E-state index in [-0.39, 0.29) is 5.91 Å². The van der Waals surface area contributed by atoms with E-state index in [0.29, 0.717) is 30.7 Å². The van der Waals surface area contributed by atoms with Crippen molar-refractivity contribution in [2.75, 3.05) is 69.7 Å². The number of nitrogens with zero attached hydrogens (tertiary/aromatic N) is 9. The van der Waals surface area contributed by atoms with Crippen molar-refractivity contribution >= 4 is 28.2 Å². The molecule has 0 bridgehead atoms. The number of nitriles is 1. The van der Waals surface area contributed by atoms with Gasteiger partial charge in [-0.1, -0.05) is 0 Å². The van der Waals surface area contributed by atoms with Crippen molar-refractivity contribution in [3.8, 4) is 6.07 Å². The Morgan fingerprint density at radius 3 is 2.33 bits per heavy atom. The molecule has 0 spiro atoms. The number of pyridine rings is 1. The van der Waals surface area contributed by atoms with Crippen LogP contribution in [0.2, 0.25) is 0 Å². The van der Waals surface area contributed by atoms with Crippen molar-refractivity contribution in [2.24, 2.45) is 0 Å². The van der Waals surface area contributed by atoms with Crippen LogP contribution in [0.25, 0.3) is 10.9 Å². The molecular formula is C29H37N9O. The molecule has 2 aliphatic heterocycles. The van der Waals surface area contributed by atoms with Crippen LogP contribution in [-0.4, -0.2) is 108 Å². The Morgan fingerprint density at radius 1 is 1.00 bits per heavy atom. The van der Waals surface area contributed by atoms with E-state index in [0.717, 1.165) is 67.4 Å². The average Bonchev–Trinajstić information content (AvgIpc) is 2.94. The van der Waals surface area contributed by atoms with Crippen LogP contribution in [0.4, 0.5) is 11.4 Å². The number of carbonyl (C=O) groups is 1. The SMILES string of the molecule is CC1CN(c2ccc(C#N)c3ncccc23)CC(C)N1Cc1ncc(N2CCN(C(=O)CN(C)C)CC2)cn1. The number of amides is 1. The highest BCUT2D eigenvalue weighted by Gasteiger charge is 2.31. The van der Waals surface area contributed by atoms with Gasteiger partial charge in [-0.3, -0.25) is 14.7 Å². The Labute approximate surface area is 230 Å². The van der Waals surface area contributed by atoms with Gasteiger partial charge in [-0.25, -0.2) is 9.97 Å². The van der Waals surface area contributed by atoms with Gasteiger partial charge in [0, 0.05) is 68.6 Å². The topological polar surface area (TPSA) is 95.7 Å². The van der Waals surface area contributed by atoms with Gasteiger partial charge >= 0.3 is 0 Å². The molecule has 4 heterocycles. The fraction of sp³-hybridized carbons (Fsp3) is 0.483. The van der Waals surface area contributed by atoms with Crippen LogP contribution in [-0.2, 0) is 11.3 Å². The number of piperazine rings is 2.